The summed E-state index contributed by atoms with van der Waals surface area (Å²) in [6.45, 7) is 5.35. The minimum atomic E-state index is -0.164. The average molecular weight is 195 g/mol. The van der Waals surface area contributed by atoms with Crippen molar-refractivity contribution in [2.45, 2.75) is 32.7 Å². The molecule has 0 fully saturated rings. The van der Waals surface area contributed by atoms with Crippen LogP contribution in [0.4, 0.5) is 4.39 Å². The summed E-state index contributed by atoms with van der Waals surface area (Å²) >= 11 is 0. The first kappa shape index (κ1) is 11.2. The lowest BCUT2D eigenvalue weighted by Crippen LogP contribution is -2.28. The van der Waals surface area contributed by atoms with Crippen molar-refractivity contribution in [3.63, 3.8) is 0 Å². The SMILES string of the molecule is CCCNC(C)Cc1ccc(F)cc1. The summed E-state index contributed by atoms with van der Waals surface area (Å²) in [5, 5.41) is 3.40. The van der Waals surface area contributed by atoms with Gasteiger partial charge in [-0.1, -0.05) is 19.1 Å². The van der Waals surface area contributed by atoms with Crippen LogP contribution in [-0.2, 0) is 6.42 Å². The Morgan fingerprint density at radius 1 is 1.29 bits per heavy atom. The molecule has 0 aliphatic carbocycles. The van der Waals surface area contributed by atoms with Gasteiger partial charge in [0.15, 0.2) is 0 Å². The molecule has 1 aromatic carbocycles. The number of nitrogens with one attached hydrogen (secondary N) is 1. The Kier molecular flexibility index (Phi) is 4.60. The Morgan fingerprint density at radius 2 is 1.93 bits per heavy atom. The minimum Gasteiger partial charge on any atom is -0.314 e. The first-order valence-electron chi connectivity index (χ1n) is 5.20. The largest absolute Gasteiger partial charge is 0.314 e. The molecule has 14 heavy (non-hydrogen) atoms. The monoisotopic (exact) mass is 195 g/mol. The van der Waals surface area contributed by atoms with Crippen molar-refractivity contribution < 1.29 is 4.39 Å². The first-order chi connectivity index (χ1) is 6.72. The van der Waals surface area contributed by atoms with Crippen LogP contribution in [-0.4, -0.2) is 12.6 Å². The summed E-state index contributed by atoms with van der Waals surface area (Å²) in [4.78, 5) is 0. The fraction of sp³-hybridized carbons (Fsp3) is 0.500. The molecule has 1 nitrogen and oxygen atoms in total. The third-order valence-corrected chi connectivity index (χ3v) is 2.20. The van der Waals surface area contributed by atoms with E-state index in [4.69, 9.17) is 0 Å². The predicted molar refractivity (Wildman–Crippen MR) is 57.9 cm³/mol. The number of hydrogen-bond acceptors (Lipinski definition) is 1. The highest BCUT2D eigenvalue weighted by atomic mass is 19.1. The van der Waals surface area contributed by atoms with Gasteiger partial charge in [0.25, 0.3) is 0 Å². The molecule has 78 valence electrons. The molecule has 1 unspecified atom stereocenters. The Balaban J connectivity index is 2.39. The zero-order valence-corrected chi connectivity index (χ0v) is 8.89. The van der Waals surface area contributed by atoms with E-state index < -0.39 is 0 Å². The molecular formula is C12H18FN. The molecule has 0 bridgehead atoms. The van der Waals surface area contributed by atoms with E-state index in [0.29, 0.717) is 6.04 Å². The Bertz CT molecular complexity index is 256. The van der Waals surface area contributed by atoms with E-state index >= 15 is 0 Å². The van der Waals surface area contributed by atoms with Gasteiger partial charge in [-0.2, -0.15) is 0 Å². The van der Waals surface area contributed by atoms with Gasteiger partial charge in [-0.3, -0.25) is 0 Å². The highest BCUT2D eigenvalue weighted by Crippen LogP contribution is 2.05. The van der Waals surface area contributed by atoms with Crippen LogP contribution in [0.3, 0.4) is 0 Å². The maximum absolute atomic E-state index is 12.6. The summed E-state index contributed by atoms with van der Waals surface area (Å²) in [6, 6.07) is 7.18. The van der Waals surface area contributed by atoms with Gasteiger partial charge >= 0.3 is 0 Å². The molecule has 1 N–H and O–H groups in total. The summed E-state index contributed by atoms with van der Waals surface area (Å²) in [5.74, 6) is -0.164. The smallest absolute Gasteiger partial charge is 0.123 e. The lowest BCUT2D eigenvalue weighted by molar-refractivity contribution is 0.543. The highest BCUT2D eigenvalue weighted by molar-refractivity contribution is 5.16. The molecule has 1 aromatic rings. The highest BCUT2D eigenvalue weighted by Gasteiger charge is 2.01. The van der Waals surface area contributed by atoms with Crippen molar-refractivity contribution in [3.8, 4) is 0 Å². The molecule has 0 radical (unpaired) electrons. The van der Waals surface area contributed by atoms with E-state index in [1.54, 1.807) is 0 Å². The molecule has 0 saturated carbocycles. The number of halogens is 1. The second-order valence-corrected chi connectivity index (χ2v) is 3.69. The van der Waals surface area contributed by atoms with Crippen molar-refractivity contribution in [1.29, 1.82) is 0 Å². The van der Waals surface area contributed by atoms with Crippen molar-refractivity contribution >= 4 is 0 Å². The maximum Gasteiger partial charge on any atom is 0.123 e. The van der Waals surface area contributed by atoms with Gasteiger partial charge in [0.2, 0.25) is 0 Å². The average Bonchev–Trinajstić information content (AvgIpc) is 2.18. The van der Waals surface area contributed by atoms with Crippen LogP contribution in [0, 0.1) is 5.82 Å². The van der Waals surface area contributed by atoms with E-state index in [-0.39, 0.29) is 5.82 Å². The molecular weight excluding hydrogens is 177 g/mol. The second-order valence-electron chi connectivity index (χ2n) is 3.69. The van der Waals surface area contributed by atoms with Gasteiger partial charge in [0, 0.05) is 6.04 Å². The zero-order chi connectivity index (χ0) is 10.4. The summed E-state index contributed by atoms with van der Waals surface area (Å²) in [5.41, 5.74) is 1.18. The molecule has 0 saturated heterocycles. The molecule has 0 amide bonds. The molecule has 0 aliphatic rings. The molecule has 2 heteroatoms. The summed E-state index contributed by atoms with van der Waals surface area (Å²) < 4.78 is 12.6. The van der Waals surface area contributed by atoms with Crippen LogP contribution in [0.5, 0.6) is 0 Å². The van der Waals surface area contributed by atoms with Crippen LogP contribution in [0.25, 0.3) is 0 Å². The van der Waals surface area contributed by atoms with Crippen molar-refractivity contribution in [1.82, 2.24) is 5.32 Å². The van der Waals surface area contributed by atoms with Crippen molar-refractivity contribution in [2.24, 2.45) is 0 Å². The van der Waals surface area contributed by atoms with Gasteiger partial charge in [0.1, 0.15) is 5.82 Å². The minimum absolute atomic E-state index is 0.164. The fourth-order valence-electron chi connectivity index (χ4n) is 1.44. The Labute approximate surface area is 85.3 Å². The molecule has 0 aliphatic heterocycles. The Morgan fingerprint density at radius 3 is 2.50 bits per heavy atom. The van der Waals surface area contributed by atoms with Crippen molar-refractivity contribution in [2.75, 3.05) is 6.54 Å². The standard InChI is InChI=1S/C12H18FN/c1-3-8-14-10(2)9-11-4-6-12(13)7-5-11/h4-7,10,14H,3,8-9H2,1-2H3. The van der Waals surface area contributed by atoms with Gasteiger partial charge in [-0.25, -0.2) is 4.39 Å². The molecule has 0 spiro atoms. The van der Waals surface area contributed by atoms with E-state index in [9.17, 15) is 4.39 Å². The quantitative estimate of drug-likeness (QED) is 0.761. The van der Waals surface area contributed by atoms with Crippen LogP contribution < -0.4 is 5.32 Å². The van der Waals surface area contributed by atoms with E-state index in [0.717, 1.165) is 19.4 Å². The molecule has 0 heterocycles. The van der Waals surface area contributed by atoms with Gasteiger partial charge in [0.05, 0.1) is 0 Å². The first-order valence-corrected chi connectivity index (χ1v) is 5.20. The van der Waals surface area contributed by atoms with Crippen LogP contribution in [0.1, 0.15) is 25.8 Å². The maximum atomic E-state index is 12.6. The lowest BCUT2D eigenvalue weighted by atomic mass is 10.1. The van der Waals surface area contributed by atoms with Gasteiger partial charge in [-0.15, -0.1) is 0 Å². The summed E-state index contributed by atoms with van der Waals surface area (Å²) in [6.07, 6.45) is 2.11. The number of rotatable bonds is 5. The predicted octanol–water partition coefficient (Wildman–Crippen LogP) is 2.76. The van der Waals surface area contributed by atoms with Crippen LogP contribution in [0.15, 0.2) is 24.3 Å². The van der Waals surface area contributed by atoms with Crippen LogP contribution in [0.2, 0.25) is 0 Å². The van der Waals surface area contributed by atoms with Crippen molar-refractivity contribution in [3.05, 3.63) is 35.6 Å². The fourth-order valence-corrected chi connectivity index (χ4v) is 1.44. The number of benzene rings is 1. The van der Waals surface area contributed by atoms with E-state index in [1.807, 2.05) is 12.1 Å². The topological polar surface area (TPSA) is 12.0 Å². The van der Waals surface area contributed by atoms with Gasteiger partial charge in [-0.05, 0) is 44.0 Å². The lowest BCUT2D eigenvalue weighted by Gasteiger charge is -2.12. The Hall–Kier alpha value is -0.890. The number of hydrogen-bond donors (Lipinski definition) is 1. The summed E-state index contributed by atoms with van der Waals surface area (Å²) in [7, 11) is 0. The zero-order valence-electron chi connectivity index (χ0n) is 8.89. The second kappa shape index (κ2) is 5.76. The molecule has 1 atom stereocenters. The van der Waals surface area contributed by atoms with E-state index in [1.165, 1.54) is 17.7 Å². The van der Waals surface area contributed by atoms with E-state index in [2.05, 4.69) is 19.2 Å². The third kappa shape index (κ3) is 3.88. The molecule has 1 rings (SSSR count). The van der Waals surface area contributed by atoms with Crippen LogP contribution >= 0.6 is 0 Å². The van der Waals surface area contributed by atoms with Gasteiger partial charge < -0.3 is 5.32 Å². The third-order valence-electron chi connectivity index (χ3n) is 2.20. The molecule has 0 aromatic heterocycles. The normalized spacial score (nSPS) is 12.8.